The van der Waals surface area contributed by atoms with Gasteiger partial charge in [-0.2, -0.15) is 0 Å². The van der Waals surface area contributed by atoms with Crippen molar-refractivity contribution in [2.45, 2.75) is 12.3 Å². The van der Waals surface area contributed by atoms with Crippen molar-refractivity contribution < 1.29 is 4.42 Å². The summed E-state index contributed by atoms with van der Waals surface area (Å²) in [5.74, 6) is 0.701. The molecule has 0 saturated heterocycles. The number of hydrogen-bond donors (Lipinski definition) is 0. The minimum atomic E-state index is -0.351. The fraction of sp³-hybridized carbons (Fsp3) is 0.0476. The van der Waals surface area contributed by atoms with Crippen LogP contribution in [-0.4, -0.2) is 9.97 Å². The first-order chi connectivity index (χ1) is 22.2. The van der Waals surface area contributed by atoms with Gasteiger partial charge in [-0.05, 0) is 65.1 Å². The van der Waals surface area contributed by atoms with Gasteiger partial charge in [0.25, 0.3) is 0 Å². The largest absolute Gasteiger partial charge is 0.456 e. The minimum Gasteiger partial charge on any atom is -0.456 e. The van der Waals surface area contributed by atoms with Crippen molar-refractivity contribution in [3.63, 3.8) is 0 Å². The number of hydrogen-bond acceptors (Lipinski definition) is 3. The second-order valence-electron chi connectivity index (χ2n) is 11.9. The molecule has 45 heavy (non-hydrogen) atoms. The number of benzene rings is 6. The highest BCUT2D eigenvalue weighted by molar-refractivity contribution is 6.06. The Morgan fingerprint density at radius 1 is 0.444 bits per heavy atom. The smallest absolute Gasteiger partial charge is 0.160 e. The van der Waals surface area contributed by atoms with Crippen LogP contribution in [-0.2, 0) is 5.41 Å². The van der Waals surface area contributed by atoms with Crippen LogP contribution in [0, 0.1) is 0 Å². The van der Waals surface area contributed by atoms with Crippen LogP contribution in [0.5, 0.6) is 0 Å². The van der Waals surface area contributed by atoms with Crippen LogP contribution in [0.4, 0.5) is 0 Å². The summed E-state index contributed by atoms with van der Waals surface area (Å²) in [5, 5.41) is 2.18. The number of para-hydroxylation sites is 1. The zero-order valence-corrected chi connectivity index (χ0v) is 24.7. The summed E-state index contributed by atoms with van der Waals surface area (Å²) in [6.07, 6.45) is 0. The van der Waals surface area contributed by atoms with Gasteiger partial charge in [-0.15, -0.1) is 0 Å². The molecule has 0 fully saturated rings. The molecular weight excluding hydrogens is 548 g/mol. The number of fused-ring (bicyclic) bond motifs is 6. The van der Waals surface area contributed by atoms with Crippen molar-refractivity contribution in [2.24, 2.45) is 0 Å². The van der Waals surface area contributed by atoms with Gasteiger partial charge in [0.2, 0.25) is 0 Å². The molecule has 8 aromatic rings. The van der Waals surface area contributed by atoms with Crippen LogP contribution in [0.3, 0.4) is 0 Å². The summed E-state index contributed by atoms with van der Waals surface area (Å²) in [5.41, 5.74) is 12.7. The fourth-order valence-electron chi connectivity index (χ4n) is 7.22. The first-order valence-corrected chi connectivity index (χ1v) is 15.3. The highest BCUT2D eigenvalue weighted by Gasteiger charge is 2.41. The Labute approximate surface area is 261 Å². The number of furan rings is 1. The van der Waals surface area contributed by atoms with Gasteiger partial charge in [-0.1, -0.05) is 121 Å². The van der Waals surface area contributed by atoms with E-state index < -0.39 is 0 Å². The number of nitrogens with zero attached hydrogens (tertiary/aromatic N) is 2. The Morgan fingerprint density at radius 3 is 1.73 bits per heavy atom. The third-order valence-corrected chi connectivity index (χ3v) is 9.39. The van der Waals surface area contributed by atoms with E-state index in [4.69, 9.17) is 14.4 Å². The van der Waals surface area contributed by atoms with E-state index in [1.807, 2.05) is 30.3 Å². The molecule has 0 aliphatic heterocycles. The Hall–Kier alpha value is -5.80. The van der Waals surface area contributed by atoms with Gasteiger partial charge in [-0.3, -0.25) is 0 Å². The van der Waals surface area contributed by atoms with E-state index in [1.165, 1.54) is 27.8 Å². The molecule has 2 aromatic heterocycles. The summed E-state index contributed by atoms with van der Waals surface area (Å²) in [7, 11) is 0. The lowest BCUT2D eigenvalue weighted by atomic mass is 9.72. The summed E-state index contributed by atoms with van der Waals surface area (Å²) in [4.78, 5) is 10.4. The summed E-state index contributed by atoms with van der Waals surface area (Å²) < 4.78 is 6.14. The quantitative estimate of drug-likeness (QED) is 0.209. The lowest BCUT2D eigenvalue weighted by Gasteiger charge is -2.30. The molecule has 0 unspecified atom stereocenters. The maximum atomic E-state index is 6.14. The molecule has 0 N–H and O–H groups in total. The van der Waals surface area contributed by atoms with Crippen molar-refractivity contribution >= 4 is 21.9 Å². The fourth-order valence-corrected chi connectivity index (χ4v) is 7.22. The zero-order chi connectivity index (χ0) is 30.0. The molecule has 0 bridgehead atoms. The normalized spacial score (nSPS) is 13.2. The van der Waals surface area contributed by atoms with Crippen molar-refractivity contribution in [2.75, 3.05) is 0 Å². The topological polar surface area (TPSA) is 38.9 Å². The van der Waals surface area contributed by atoms with Crippen LogP contribution in [0.2, 0.25) is 0 Å². The molecule has 0 saturated carbocycles. The second-order valence-corrected chi connectivity index (χ2v) is 11.9. The van der Waals surface area contributed by atoms with E-state index in [2.05, 4.69) is 128 Å². The highest BCUT2D eigenvalue weighted by atomic mass is 16.3. The van der Waals surface area contributed by atoms with Crippen molar-refractivity contribution in [3.05, 3.63) is 168 Å². The van der Waals surface area contributed by atoms with Crippen LogP contribution in [0.1, 0.15) is 23.6 Å². The van der Waals surface area contributed by atoms with Crippen LogP contribution in [0.15, 0.2) is 156 Å². The minimum absolute atomic E-state index is 0.351. The van der Waals surface area contributed by atoms with Crippen molar-refractivity contribution in [1.82, 2.24) is 9.97 Å². The van der Waals surface area contributed by atoms with Gasteiger partial charge in [-0.25, -0.2) is 9.97 Å². The Morgan fingerprint density at radius 2 is 1.00 bits per heavy atom. The van der Waals surface area contributed by atoms with E-state index in [-0.39, 0.29) is 5.41 Å². The van der Waals surface area contributed by atoms with Gasteiger partial charge in [0.1, 0.15) is 11.2 Å². The first-order valence-electron chi connectivity index (χ1n) is 15.3. The molecular formula is C42H28N2O. The molecule has 1 aliphatic carbocycles. The molecule has 3 nitrogen and oxygen atoms in total. The maximum absolute atomic E-state index is 6.14. The third kappa shape index (κ3) is 3.91. The summed E-state index contributed by atoms with van der Waals surface area (Å²) in [6, 6.07) is 53.3. The highest BCUT2D eigenvalue weighted by Crippen LogP contribution is 2.54. The van der Waals surface area contributed by atoms with E-state index in [1.54, 1.807) is 0 Å². The second kappa shape index (κ2) is 9.87. The Bertz CT molecular complexity index is 2360. The van der Waals surface area contributed by atoms with Crippen molar-refractivity contribution in [3.8, 4) is 45.0 Å². The molecule has 0 amide bonds. The SMILES string of the molecule is CC1(c2ccccc2-c2cc(-c3ccc4oc5ccccc5c4c3)nc(-c3ccccc3)n2)c2ccccc2-c2ccccc21. The number of aromatic nitrogens is 2. The average Bonchev–Trinajstić information content (AvgIpc) is 3.61. The molecule has 9 rings (SSSR count). The van der Waals surface area contributed by atoms with Crippen LogP contribution >= 0.6 is 0 Å². The Kier molecular flexibility index (Phi) is 5.63. The van der Waals surface area contributed by atoms with E-state index >= 15 is 0 Å². The van der Waals surface area contributed by atoms with Gasteiger partial charge >= 0.3 is 0 Å². The molecule has 0 atom stereocenters. The molecule has 212 valence electrons. The van der Waals surface area contributed by atoms with Gasteiger partial charge in [0.15, 0.2) is 5.82 Å². The van der Waals surface area contributed by atoms with Crippen molar-refractivity contribution in [1.29, 1.82) is 0 Å². The van der Waals surface area contributed by atoms with E-state index in [9.17, 15) is 0 Å². The predicted molar refractivity (Wildman–Crippen MR) is 183 cm³/mol. The van der Waals surface area contributed by atoms with Crippen LogP contribution < -0.4 is 0 Å². The maximum Gasteiger partial charge on any atom is 0.160 e. The predicted octanol–water partition coefficient (Wildman–Crippen LogP) is 10.7. The van der Waals surface area contributed by atoms with Crippen LogP contribution in [0.25, 0.3) is 67.0 Å². The molecule has 0 spiro atoms. The van der Waals surface area contributed by atoms with E-state index in [0.29, 0.717) is 5.82 Å². The summed E-state index contributed by atoms with van der Waals surface area (Å²) >= 11 is 0. The van der Waals surface area contributed by atoms with Gasteiger partial charge < -0.3 is 4.42 Å². The first kappa shape index (κ1) is 25.7. The van der Waals surface area contributed by atoms with Gasteiger partial charge in [0.05, 0.1) is 11.4 Å². The monoisotopic (exact) mass is 576 g/mol. The zero-order valence-electron chi connectivity index (χ0n) is 24.7. The molecule has 1 aliphatic rings. The molecule has 6 aromatic carbocycles. The molecule has 2 heterocycles. The lowest BCUT2D eigenvalue weighted by Crippen LogP contribution is -2.23. The Balaban J connectivity index is 1.29. The van der Waals surface area contributed by atoms with E-state index in [0.717, 1.165) is 50.0 Å². The standard InChI is InChI=1S/C42H28N2O/c1-42(34-19-9-5-15-29(34)30-16-6-10-20-35(30)42)36-21-11-7-18-32(36)38-26-37(43-41(44-38)27-13-3-2-4-14-27)28-23-24-40-33(25-28)31-17-8-12-22-39(31)45-40/h2-26H,1H3. The molecule has 3 heteroatoms. The number of rotatable bonds is 4. The average molecular weight is 577 g/mol. The molecule has 0 radical (unpaired) electrons. The summed E-state index contributed by atoms with van der Waals surface area (Å²) in [6.45, 7) is 2.36. The lowest BCUT2D eigenvalue weighted by molar-refractivity contribution is 0.669. The van der Waals surface area contributed by atoms with Gasteiger partial charge in [0, 0.05) is 32.9 Å². The third-order valence-electron chi connectivity index (χ3n) is 9.39.